The van der Waals surface area contributed by atoms with Gasteiger partial charge >= 0.3 is 6.03 Å². The number of nitrogen functional groups attached to an aromatic ring is 1. The van der Waals surface area contributed by atoms with Crippen molar-refractivity contribution in [3.63, 3.8) is 0 Å². The number of rotatable bonds is 7. The van der Waals surface area contributed by atoms with Crippen LogP contribution in [0.15, 0.2) is 55.0 Å². The van der Waals surface area contributed by atoms with Crippen molar-refractivity contribution in [3.8, 4) is 11.1 Å². The predicted molar refractivity (Wildman–Crippen MR) is 142 cm³/mol. The van der Waals surface area contributed by atoms with Gasteiger partial charge in [-0.3, -0.25) is 4.90 Å². The summed E-state index contributed by atoms with van der Waals surface area (Å²) in [5.74, 6) is -0.0798. The molecule has 4 N–H and O–H groups in total. The van der Waals surface area contributed by atoms with E-state index in [1.165, 1.54) is 12.4 Å². The molecule has 1 fully saturated rings. The maximum absolute atomic E-state index is 14.0. The Morgan fingerprint density at radius 3 is 2.70 bits per heavy atom. The molecule has 1 aliphatic rings. The summed E-state index contributed by atoms with van der Waals surface area (Å²) in [6.07, 6.45) is 5.32. The van der Waals surface area contributed by atoms with Crippen molar-refractivity contribution in [1.29, 1.82) is 0 Å². The number of fused-ring (bicyclic) bond motifs is 1. The van der Waals surface area contributed by atoms with Crippen LogP contribution in [0, 0.1) is 12.7 Å². The first-order valence-corrected chi connectivity index (χ1v) is 12.3. The number of morpholine rings is 1. The summed E-state index contributed by atoms with van der Waals surface area (Å²) in [6, 6.07) is 11.5. The molecule has 192 valence electrons. The number of urea groups is 1. The van der Waals surface area contributed by atoms with Crippen molar-refractivity contribution in [3.05, 3.63) is 71.9 Å². The molecule has 0 bridgehead atoms. The number of hydrogen-bond donors (Lipinski definition) is 3. The zero-order chi connectivity index (χ0) is 25.8. The smallest absolute Gasteiger partial charge is 0.323 e. The Morgan fingerprint density at radius 2 is 1.92 bits per heavy atom. The second-order valence-electron chi connectivity index (χ2n) is 9.17. The van der Waals surface area contributed by atoms with Gasteiger partial charge in [0.05, 0.1) is 18.9 Å². The Kier molecular flexibility index (Phi) is 7.29. The Morgan fingerprint density at radius 1 is 1.14 bits per heavy atom. The van der Waals surface area contributed by atoms with E-state index in [4.69, 9.17) is 10.5 Å². The minimum absolute atomic E-state index is 0.131. The van der Waals surface area contributed by atoms with E-state index in [2.05, 4.69) is 25.6 Å². The van der Waals surface area contributed by atoms with Crippen LogP contribution in [0.2, 0.25) is 0 Å². The van der Waals surface area contributed by atoms with Gasteiger partial charge in [-0.1, -0.05) is 18.2 Å². The van der Waals surface area contributed by atoms with Crippen LogP contribution < -0.4 is 16.4 Å². The number of hydrogen-bond acceptors (Lipinski definition) is 6. The molecule has 3 heterocycles. The fourth-order valence-corrected chi connectivity index (χ4v) is 4.65. The molecule has 2 aromatic carbocycles. The highest BCUT2D eigenvalue weighted by atomic mass is 19.1. The van der Waals surface area contributed by atoms with Gasteiger partial charge in [0, 0.05) is 30.5 Å². The van der Waals surface area contributed by atoms with Gasteiger partial charge in [0.1, 0.15) is 17.7 Å². The largest absolute Gasteiger partial charge is 0.382 e. The first kappa shape index (κ1) is 24.7. The monoisotopic (exact) mass is 503 g/mol. The number of benzene rings is 2. The standard InChI is InChI=1S/C27H30FN7O2/c1-18-4-9-22(28)23(15-18)33-27(36)32-21-7-5-19(6-8-21)24-20(3-2-10-34-11-13-37-14-12-34)16-35-25(24)26(29)30-17-31-35/h4-9,15-17H,2-3,10-14H2,1H3,(H2,29,30,31)(H2,32,33,36). The number of aromatic nitrogens is 3. The SMILES string of the molecule is Cc1ccc(F)c(NC(=O)Nc2ccc(-c3c(CCCN4CCOCC4)cn4ncnc(N)c34)cc2)c1. The molecule has 5 rings (SSSR count). The molecule has 0 spiro atoms. The van der Waals surface area contributed by atoms with E-state index in [0.29, 0.717) is 11.5 Å². The highest BCUT2D eigenvalue weighted by Gasteiger charge is 2.18. The van der Waals surface area contributed by atoms with Crippen LogP contribution in [0.1, 0.15) is 17.5 Å². The fourth-order valence-electron chi connectivity index (χ4n) is 4.65. The molecule has 0 atom stereocenters. The van der Waals surface area contributed by atoms with Crippen molar-refractivity contribution in [1.82, 2.24) is 19.5 Å². The molecule has 10 heteroatoms. The molecule has 9 nitrogen and oxygen atoms in total. The predicted octanol–water partition coefficient (Wildman–Crippen LogP) is 4.33. The molecule has 2 amide bonds. The molecular weight excluding hydrogens is 473 g/mol. The van der Waals surface area contributed by atoms with E-state index in [9.17, 15) is 9.18 Å². The molecule has 37 heavy (non-hydrogen) atoms. The van der Waals surface area contributed by atoms with E-state index in [1.54, 1.807) is 16.6 Å². The van der Waals surface area contributed by atoms with Gasteiger partial charge in [0.15, 0.2) is 5.82 Å². The number of carbonyl (C=O) groups excluding carboxylic acids is 1. The summed E-state index contributed by atoms with van der Waals surface area (Å²) < 4.78 is 21.2. The first-order valence-electron chi connectivity index (χ1n) is 12.3. The van der Waals surface area contributed by atoms with Crippen LogP contribution in [0.5, 0.6) is 0 Å². The van der Waals surface area contributed by atoms with Gasteiger partial charge in [0.2, 0.25) is 0 Å². The molecule has 0 aliphatic carbocycles. The van der Waals surface area contributed by atoms with E-state index >= 15 is 0 Å². The third-order valence-electron chi connectivity index (χ3n) is 6.51. The lowest BCUT2D eigenvalue weighted by Crippen LogP contribution is -2.36. The van der Waals surface area contributed by atoms with Gasteiger partial charge in [0.25, 0.3) is 0 Å². The van der Waals surface area contributed by atoms with E-state index in [0.717, 1.165) is 73.5 Å². The van der Waals surface area contributed by atoms with Gasteiger partial charge in [-0.05, 0) is 67.3 Å². The van der Waals surface area contributed by atoms with Crippen LogP contribution in [-0.4, -0.2) is 58.4 Å². The van der Waals surface area contributed by atoms with Crippen molar-refractivity contribution in [2.75, 3.05) is 49.2 Å². The number of halogens is 1. The Bertz CT molecular complexity index is 1400. The molecule has 0 unspecified atom stereocenters. The summed E-state index contributed by atoms with van der Waals surface area (Å²) in [5.41, 5.74) is 11.6. The van der Waals surface area contributed by atoms with E-state index in [1.807, 2.05) is 37.4 Å². The first-order chi connectivity index (χ1) is 18.0. The van der Waals surface area contributed by atoms with Crippen molar-refractivity contribution >= 4 is 28.7 Å². The van der Waals surface area contributed by atoms with Crippen LogP contribution in [0.25, 0.3) is 16.6 Å². The summed E-state index contributed by atoms with van der Waals surface area (Å²) in [6.45, 7) is 6.32. The van der Waals surface area contributed by atoms with Crippen molar-refractivity contribution < 1.29 is 13.9 Å². The van der Waals surface area contributed by atoms with Gasteiger partial charge in [-0.25, -0.2) is 18.7 Å². The average Bonchev–Trinajstić information content (AvgIpc) is 3.27. The zero-order valence-electron chi connectivity index (χ0n) is 20.7. The summed E-state index contributed by atoms with van der Waals surface area (Å²) in [5, 5.41) is 9.68. The number of ether oxygens (including phenoxy) is 1. The van der Waals surface area contributed by atoms with Crippen LogP contribution in [0.4, 0.5) is 26.4 Å². The van der Waals surface area contributed by atoms with Gasteiger partial charge in [-0.15, -0.1) is 0 Å². The Balaban J connectivity index is 1.33. The third-order valence-corrected chi connectivity index (χ3v) is 6.51. The van der Waals surface area contributed by atoms with Gasteiger partial charge in [-0.2, -0.15) is 5.10 Å². The van der Waals surface area contributed by atoms with Crippen molar-refractivity contribution in [2.24, 2.45) is 0 Å². The van der Waals surface area contributed by atoms with Crippen LogP contribution >= 0.6 is 0 Å². The molecule has 1 saturated heterocycles. The number of nitrogens with one attached hydrogen (secondary N) is 2. The number of anilines is 3. The number of aryl methyl sites for hydroxylation is 2. The maximum atomic E-state index is 14.0. The molecule has 2 aromatic heterocycles. The third kappa shape index (κ3) is 5.71. The number of nitrogens with two attached hydrogens (primary N) is 1. The average molecular weight is 504 g/mol. The minimum atomic E-state index is -0.520. The Hall–Kier alpha value is -4.02. The van der Waals surface area contributed by atoms with Crippen molar-refractivity contribution in [2.45, 2.75) is 19.8 Å². The lowest BCUT2D eigenvalue weighted by molar-refractivity contribution is 0.0375. The van der Waals surface area contributed by atoms with Gasteiger partial charge < -0.3 is 21.1 Å². The summed E-state index contributed by atoms with van der Waals surface area (Å²) in [4.78, 5) is 19.1. The maximum Gasteiger partial charge on any atom is 0.323 e. The Labute approximate surface area is 214 Å². The van der Waals surface area contributed by atoms with Crippen LogP contribution in [-0.2, 0) is 11.2 Å². The minimum Gasteiger partial charge on any atom is -0.382 e. The second kappa shape index (κ2) is 10.9. The highest BCUT2D eigenvalue weighted by Crippen LogP contribution is 2.34. The molecule has 1 aliphatic heterocycles. The fraction of sp³-hybridized carbons (Fsp3) is 0.296. The lowest BCUT2D eigenvalue weighted by atomic mass is 9.99. The highest BCUT2D eigenvalue weighted by molar-refractivity contribution is 6.00. The molecule has 0 saturated carbocycles. The topological polar surface area (TPSA) is 110 Å². The number of nitrogens with zero attached hydrogens (tertiary/aromatic N) is 4. The zero-order valence-corrected chi connectivity index (χ0v) is 20.7. The summed E-state index contributed by atoms with van der Waals surface area (Å²) in [7, 11) is 0. The molecule has 4 aromatic rings. The number of carbonyl (C=O) groups is 1. The molecule has 0 radical (unpaired) electrons. The summed E-state index contributed by atoms with van der Waals surface area (Å²) >= 11 is 0. The van der Waals surface area contributed by atoms with Crippen LogP contribution in [0.3, 0.4) is 0 Å². The molecular formula is C27H30FN7O2. The second-order valence-corrected chi connectivity index (χ2v) is 9.17. The number of amides is 2. The quantitative estimate of drug-likeness (QED) is 0.346. The van der Waals surface area contributed by atoms with E-state index in [-0.39, 0.29) is 5.69 Å². The normalized spacial score (nSPS) is 14.1. The van der Waals surface area contributed by atoms with E-state index < -0.39 is 11.8 Å². The lowest BCUT2D eigenvalue weighted by Gasteiger charge is -2.26.